The van der Waals surface area contributed by atoms with Crippen LogP contribution >= 0.6 is 0 Å². The van der Waals surface area contributed by atoms with Gasteiger partial charge in [0.2, 0.25) is 0 Å². The summed E-state index contributed by atoms with van der Waals surface area (Å²) in [6.07, 6.45) is -2.33. The lowest BCUT2D eigenvalue weighted by molar-refractivity contribution is -0.317. The van der Waals surface area contributed by atoms with Crippen molar-refractivity contribution in [1.29, 1.82) is 0 Å². The van der Waals surface area contributed by atoms with Crippen LogP contribution in [-0.4, -0.2) is 56.4 Å². The Morgan fingerprint density at radius 1 is 0.925 bits per heavy atom. The number of ether oxygens (including phenoxy) is 6. The van der Waals surface area contributed by atoms with E-state index < -0.39 is 48.1 Å². The second-order valence-electron chi connectivity index (χ2n) is 11.0. The monoisotopic (exact) mass is 554 g/mol. The Hall–Kier alpha value is -3.04. The van der Waals surface area contributed by atoms with Gasteiger partial charge in [-0.15, -0.1) is 6.58 Å². The normalized spacial score (nSPS) is 23.7. The highest BCUT2D eigenvalue weighted by atomic mass is 16.7. The van der Waals surface area contributed by atoms with Crippen molar-refractivity contribution in [3.8, 4) is 0 Å². The number of carbonyl (C=O) groups is 2. The summed E-state index contributed by atoms with van der Waals surface area (Å²) in [6.45, 7) is 11.3. The van der Waals surface area contributed by atoms with Gasteiger partial charge in [0.05, 0.1) is 25.0 Å². The van der Waals surface area contributed by atoms with Crippen molar-refractivity contribution < 1.29 is 38.0 Å². The van der Waals surface area contributed by atoms with Crippen molar-refractivity contribution in [2.75, 3.05) is 13.7 Å². The molecule has 0 aromatic heterocycles. The molecule has 0 amide bonds. The molecule has 40 heavy (non-hydrogen) atoms. The molecule has 8 heteroatoms. The van der Waals surface area contributed by atoms with Gasteiger partial charge in [0.15, 0.2) is 12.4 Å². The van der Waals surface area contributed by atoms with Crippen LogP contribution in [0.4, 0.5) is 0 Å². The molecule has 1 fully saturated rings. The summed E-state index contributed by atoms with van der Waals surface area (Å²) < 4.78 is 36.3. The van der Waals surface area contributed by atoms with Crippen LogP contribution in [0.5, 0.6) is 0 Å². The minimum atomic E-state index is -0.938. The van der Waals surface area contributed by atoms with Crippen LogP contribution in [0.2, 0.25) is 0 Å². The highest BCUT2D eigenvalue weighted by molar-refractivity contribution is 5.75. The van der Waals surface area contributed by atoms with Gasteiger partial charge < -0.3 is 28.4 Å². The lowest BCUT2D eigenvalue weighted by Crippen LogP contribution is -2.62. The maximum Gasteiger partial charge on any atom is 0.311 e. The number of benzene rings is 2. The average Bonchev–Trinajstić information content (AvgIpc) is 2.95. The first-order chi connectivity index (χ1) is 19.1. The number of rotatable bonds is 13. The zero-order chi connectivity index (χ0) is 29.1. The van der Waals surface area contributed by atoms with Crippen LogP contribution < -0.4 is 0 Å². The molecule has 1 aliphatic heterocycles. The summed E-state index contributed by atoms with van der Waals surface area (Å²) in [5, 5.41) is 0. The van der Waals surface area contributed by atoms with E-state index in [1.165, 1.54) is 7.11 Å². The number of carbonyl (C=O) groups excluding carboxylic acids is 2. The molecule has 3 rings (SSSR count). The zero-order valence-electron chi connectivity index (χ0n) is 24.1. The molecule has 8 nitrogen and oxygen atoms in total. The van der Waals surface area contributed by atoms with Crippen molar-refractivity contribution in [1.82, 2.24) is 0 Å². The van der Waals surface area contributed by atoms with E-state index in [1.807, 2.05) is 67.6 Å². The van der Waals surface area contributed by atoms with Gasteiger partial charge in [0.1, 0.15) is 24.9 Å². The molecular weight excluding hydrogens is 512 g/mol. The van der Waals surface area contributed by atoms with Crippen molar-refractivity contribution in [2.24, 2.45) is 11.3 Å². The highest BCUT2D eigenvalue weighted by Crippen LogP contribution is 2.32. The summed E-state index contributed by atoms with van der Waals surface area (Å²) in [6, 6.07) is 19.4. The van der Waals surface area contributed by atoms with Gasteiger partial charge in [0.25, 0.3) is 0 Å². The zero-order valence-corrected chi connectivity index (χ0v) is 24.1. The predicted octanol–water partition coefficient (Wildman–Crippen LogP) is 5.24. The maximum atomic E-state index is 13.1. The molecule has 2 aromatic rings. The Labute approximate surface area is 237 Å². The molecule has 0 aliphatic carbocycles. The van der Waals surface area contributed by atoms with Gasteiger partial charge in [-0.1, -0.05) is 73.7 Å². The molecule has 1 heterocycles. The molecular formula is C32H42O8. The Bertz CT molecular complexity index is 1070. The molecule has 1 aliphatic rings. The number of allylic oxidation sites excluding steroid dienone is 1. The van der Waals surface area contributed by atoms with Gasteiger partial charge in [-0.3, -0.25) is 9.59 Å². The quantitative estimate of drug-likeness (QED) is 0.245. The largest absolute Gasteiger partial charge is 0.463 e. The number of esters is 2. The van der Waals surface area contributed by atoms with Gasteiger partial charge in [0, 0.05) is 7.11 Å². The van der Waals surface area contributed by atoms with Crippen molar-refractivity contribution in [3.63, 3.8) is 0 Å². The summed E-state index contributed by atoms with van der Waals surface area (Å²) in [4.78, 5) is 25.6. The number of hydrogen-bond donors (Lipinski definition) is 0. The molecule has 0 unspecified atom stereocenters. The Kier molecular flexibility index (Phi) is 11.9. The summed E-state index contributed by atoms with van der Waals surface area (Å²) >= 11 is 0. The molecule has 6 atom stereocenters. The van der Waals surface area contributed by atoms with Crippen LogP contribution in [0.3, 0.4) is 0 Å². The summed E-state index contributed by atoms with van der Waals surface area (Å²) in [5.41, 5.74) is 1.10. The molecule has 0 N–H and O–H groups in total. The van der Waals surface area contributed by atoms with E-state index in [0.29, 0.717) is 0 Å². The molecule has 218 valence electrons. The van der Waals surface area contributed by atoms with Crippen LogP contribution in [0.15, 0.2) is 73.3 Å². The van der Waals surface area contributed by atoms with Crippen molar-refractivity contribution >= 4 is 11.9 Å². The second-order valence-corrected chi connectivity index (χ2v) is 11.0. The van der Waals surface area contributed by atoms with E-state index in [4.69, 9.17) is 28.4 Å². The van der Waals surface area contributed by atoms with E-state index in [9.17, 15) is 9.59 Å². The molecule has 0 saturated carbocycles. The first-order valence-electron chi connectivity index (χ1n) is 13.6. The third kappa shape index (κ3) is 9.27. The maximum absolute atomic E-state index is 13.1. The Morgan fingerprint density at radius 3 is 1.98 bits per heavy atom. The predicted molar refractivity (Wildman–Crippen MR) is 150 cm³/mol. The SMILES string of the molecule is C=C[C@@H](C)CC(=O)OC[C@H]1O[C@H](OC)[C@H](OCc2ccccc2)[C@@H](OCc2ccccc2)[C@@H]1OC(=O)C(C)(C)C. The average molecular weight is 555 g/mol. The smallest absolute Gasteiger partial charge is 0.311 e. The third-order valence-electron chi connectivity index (χ3n) is 6.55. The lowest BCUT2D eigenvalue weighted by Gasteiger charge is -2.45. The first kappa shape index (κ1) is 31.5. The first-order valence-corrected chi connectivity index (χ1v) is 13.6. The fourth-order valence-electron chi connectivity index (χ4n) is 4.12. The molecule has 0 spiro atoms. The van der Waals surface area contributed by atoms with Gasteiger partial charge in [-0.05, 0) is 37.8 Å². The second kappa shape index (κ2) is 15.1. The minimum Gasteiger partial charge on any atom is -0.463 e. The van der Waals surface area contributed by atoms with Crippen LogP contribution in [0.1, 0.15) is 45.2 Å². The van der Waals surface area contributed by atoms with Gasteiger partial charge in [-0.2, -0.15) is 0 Å². The fraction of sp³-hybridized carbons (Fsp3) is 0.500. The van der Waals surface area contributed by atoms with E-state index >= 15 is 0 Å². The number of methoxy groups -OCH3 is 1. The number of hydrogen-bond acceptors (Lipinski definition) is 8. The lowest BCUT2D eigenvalue weighted by atomic mass is 9.95. The minimum absolute atomic E-state index is 0.0428. The van der Waals surface area contributed by atoms with E-state index in [-0.39, 0.29) is 32.2 Å². The molecule has 1 saturated heterocycles. The summed E-state index contributed by atoms with van der Waals surface area (Å²) in [5.74, 6) is -0.891. The van der Waals surface area contributed by atoms with E-state index in [0.717, 1.165) is 11.1 Å². The molecule has 2 aromatic carbocycles. The van der Waals surface area contributed by atoms with Crippen LogP contribution in [-0.2, 0) is 51.2 Å². The fourth-order valence-corrected chi connectivity index (χ4v) is 4.12. The van der Waals surface area contributed by atoms with Crippen LogP contribution in [0.25, 0.3) is 0 Å². The third-order valence-corrected chi connectivity index (χ3v) is 6.55. The van der Waals surface area contributed by atoms with Crippen molar-refractivity contribution in [3.05, 3.63) is 84.4 Å². The van der Waals surface area contributed by atoms with E-state index in [2.05, 4.69) is 6.58 Å². The van der Waals surface area contributed by atoms with Gasteiger partial charge in [-0.25, -0.2) is 0 Å². The standard InChI is InChI=1S/C32H42O8/c1-7-22(2)18-26(33)36-21-25-27(40-31(34)32(3,4)5)28(37-19-23-14-10-8-11-15-23)29(30(35-6)39-25)38-20-24-16-12-9-13-17-24/h7-17,22,25,27-30H,1,18-21H2,2-6H3/t22-,25-,27-,28+,29-,30+/m1/s1. The Morgan fingerprint density at radius 2 is 1.48 bits per heavy atom. The van der Waals surface area contributed by atoms with Crippen LogP contribution in [0, 0.1) is 11.3 Å². The highest BCUT2D eigenvalue weighted by Gasteiger charge is 2.51. The van der Waals surface area contributed by atoms with E-state index in [1.54, 1.807) is 26.8 Å². The molecule has 0 bridgehead atoms. The van der Waals surface area contributed by atoms with Gasteiger partial charge >= 0.3 is 11.9 Å². The Balaban J connectivity index is 1.91. The topological polar surface area (TPSA) is 89.5 Å². The molecule has 0 radical (unpaired) electrons. The summed E-state index contributed by atoms with van der Waals surface area (Å²) in [7, 11) is 1.51. The van der Waals surface area contributed by atoms with Crippen molar-refractivity contribution in [2.45, 2.75) is 78.0 Å².